The molecule has 3 rings (SSSR count). The van der Waals surface area contributed by atoms with Crippen molar-refractivity contribution in [1.29, 1.82) is 0 Å². The van der Waals surface area contributed by atoms with E-state index in [1.54, 1.807) is 0 Å². The van der Waals surface area contributed by atoms with Gasteiger partial charge in [-0.2, -0.15) is 5.10 Å². The van der Waals surface area contributed by atoms with Crippen LogP contribution in [0.15, 0.2) is 12.3 Å². The van der Waals surface area contributed by atoms with Gasteiger partial charge in [-0.25, -0.2) is 0 Å². The van der Waals surface area contributed by atoms with E-state index in [1.807, 2.05) is 0 Å². The van der Waals surface area contributed by atoms with Crippen molar-refractivity contribution in [1.82, 2.24) is 9.78 Å². The minimum absolute atomic E-state index is 0.384. The minimum Gasteiger partial charge on any atom is -0.330 e. The molecule has 1 heterocycles. The van der Waals surface area contributed by atoms with Gasteiger partial charge in [0.25, 0.3) is 0 Å². The monoisotopic (exact) mass is 233 g/mol. The van der Waals surface area contributed by atoms with Crippen LogP contribution in [0.1, 0.15) is 56.7 Å². The molecule has 0 saturated heterocycles. The summed E-state index contributed by atoms with van der Waals surface area (Å²) in [5, 5.41) is 4.77. The fourth-order valence-corrected chi connectivity index (χ4v) is 3.36. The third-order valence-corrected chi connectivity index (χ3v) is 4.77. The lowest BCUT2D eigenvalue weighted by molar-refractivity contribution is 0.143. The Hall–Kier alpha value is -0.830. The summed E-state index contributed by atoms with van der Waals surface area (Å²) in [6.07, 6.45) is 12.5. The Morgan fingerprint density at radius 2 is 2.06 bits per heavy atom. The fourth-order valence-electron chi connectivity index (χ4n) is 3.36. The molecule has 2 N–H and O–H groups in total. The highest BCUT2D eigenvalue weighted by Crippen LogP contribution is 2.42. The van der Waals surface area contributed by atoms with E-state index < -0.39 is 0 Å². The summed E-state index contributed by atoms with van der Waals surface area (Å²) in [6.45, 7) is 0.823. The van der Waals surface area contributed by atoms with Gasteiger partial charge in [-0.05, 0) is 50.1 Å². The first-order valence-corrected chi connectivity index (χ1v) is 7.05. The van der Waals surface area contributed by atoms with Crippen molar-refractivity contribution in [2.75, 3.05) is 6.54 Å². The van der Waals surface area contributed by atoms with Gasteiger partial charge in [0.15, 0.2) is 0 Å². The van der Waals surface area contributed by atoms with E-state index in [0.717, 1.165) is 13.0 Å². The molecular formula is C14H23N3. The maximum atomic E-state index is 5.91. The van der Waals surface area contributed by atoms with Gasteiger partial charge in [0.2, 0.25) is 0 Å². The first kappa shape index (κ1) is 11.3. The van der Waals surface area contributed by atoms with Gasteiger partial charge in [-0.1, -0.05) is 19.3 Å². The number of aromatic nitrogens is 2. The normalized spacial score (nSPS) is 23.8. The second-order valence-electron chi connectivity index (χ2n) is 5.96. The van der Waals surface area contributed by atoms with Gasteiger partial charge in [0, 0.05) is 6.20 Å². The second-order valence-corrected chi connectivity index (χ2v) is 5.96. The summed E-state index contributed by atoms with van der Waals surface area (Å²) >= 11 is 0. The number of nitrogens with zero attached hydrogens (tertiary/aromatic N) is 2. The van der Waals surface area contributed by atoms with Crippen molar-refractivity contribution in [2.45, 2.75) is 57.4 Å². The molecule has 1 aromatic heterocycles. The van der Waals surface area contributed by atoms with E-state index in [9.17, 15) is 0 Å². The van der Waals surface area contributed by atoms with Crippen LogP contribution in [0, 0.1) is 5.41 Å². The topological polar surface area (TPSA) is 43.8 Å². The SMILES string of the molecule is NCC1(Cc2ccn(C3CCCC3)n2)CCC1. The van der Waals surface area contributed by atoms with Crippen LogP contribution < -0.4 is 5.73 Å². The minimum atomic E-state index is 0.384. The molecule has 0 atom stereocenters. The average molecular weight is 233 g/mol. The average Bonchev–Trinajstić information content (AvgIpc) is 2.94. The molecule has 0 aliphatic heterocycles. The highest BCUT2D eigenvalue weighted by atomic mass is 15.3. The van der Waals surface area contributed by atoms with Gasteiger partial charge in [-0.15, -0.1) is 0 Å². The zero-order valence-electron chi connectivity index (χ0n) is 10.6. The summed E-state index contributed by atoms with van der Waals surface area (Å²) in [6, 6.07) is 2.87. The molecule has 2 fully saturated rings. The zero-order chi connectivity index (χ0) is 11.7. The number of rotatable bonds is 4. The van der Waals surface area contributed by atoms with Gasteiger partial charge >= 0.3 is 0 Å². The van der Waals surface area contributed by atoms with Crippen LogP contribution in [0.2, 0.25) is 0 Å². The Balaban J connectivity index is 1.67. The lowest BCUT2D eigenvalue weighted by Crippen LogP contribution is -2.39. The summed E-state index contributed by atoms with van der Waals surface area (Å²) in [5.41, 5.74) is 7.55. The van der Waals surface area contributed by atoms with Crippen LogP contribution in [0.3, 0.4) is 0 Å². The third kappa shape index (κ3) is 2.13. The van der Waals surface area contributed by atoms with Gasteiger partial charge in [-0.3, -0.25) is 4.68 Å². The van der Waals surface area contributed by atoms with Crippen molar-refractivity contribution < 1.29 is 0 Å². The van der Waals surface area contributed by atoms with Crippen LogP contribution in [-0.4, -0.2) is 16.3 Å². The summed E-state index contributed by atoms with van der Waals surface area (Å²) in [4.78, 5) is 0. The Labute approximate surface area is 103 Å². The standard InChI is InChI=1S/C14H23N3/c15-11-14(7-3-8-14)10-12-6-9-17(16-12)13-4-1-2-5-13/h6,9,13H,1-5,7-8,10-11,15H2. The Bertz CT molecular complexity index is 367. The molecular weight excluding hydrogens is 210 g/mol. The quantitative estimate of drug-likeness (QED) is 0.869. The molecule has 0 bridgehead atoms. The molecule has 0 unspecified atom stereocenters. The van der Waals surface area contributed by atoms with E-state index in [1.165, 1.54) is 50.6 Å². The molecule has 2 saturated carbocycles. The summed E-state index contributed by atoms with van der Waals surface area (Å²) < 4.78 is 2.20. The predicted molar refractivity (Wildman–Crippen MR) is 68.8 cm³/mol. The molecule has 17 heavy (non-hydrogen) atoms. The largest absolute Gasteiger partial charge is 0.330 e. The first-order valence-electron chi connectivity index (χ1n) is 7.05. The molecule has 0 amide bonds. The number of hydrogen-bond acceptors (Lipinski definition) is 2. The molecule has 1 aromatic rings. The van der Waals surface area contributed by atoms with E-state index in [4.69, 9.17) is 10.8 Å². The van der Waals surface area contributed by atoms with Gasteiger partial charge in [0.1, 0.15) is 0 Å². The molecule has 0 radical (unpaired) electrons. The van der Waals surface area contributed by atoms with Crippen molar-refractivity contribution in [2.24, 2.45) is 11.1 Å². The maximum Gasteiger partial charge on any atom is 0.0630 e. The highest BCUT2D eigenvalue weighted by Gasteiger charge is 2.36. The van der Waals surface area contributed by atoms with Crippen LogP contribution in [0.4, 0.5) is 0 Å². The molecule has 0 spiro atoms. The van der Waals surface area contributed by atoms with E-state index >= 15 is 0 Å². The van der Waals surface area contributed by atoms with Crippen LogP contribution in [-0.2, 0) is 6.42 Å². The molecule has 2 aliphatic rings. The van der Waals surface area contributed by atoms with Crippen LogP contribution >= 0.6 is 0 Å². The lowest BCUT2D eigenvalue weighted by Gasteiger charge is -2.40. The Morgan fingerprint density at radius 3 is 2.65 bits per heavy atom. The molecule has 2 aliphatic carbocycles. The molecule has 3 nitrogen and oxygen atoms in total. The highest BCUT2D eigenvalue weighted by molar-refractivity contribution is 5.06. The van der Waals surface area contributed by atoms with Crippen LogP contribution in [0.5, 0.6) is 0 Å². The summed E-state index contributed by atoms with van der Waals surface area (Å²) in [7, 11) is 0. The van der Waals surface area contributed by atoms with Gasteiger partial charge < -0.3 is 5.73 Å². The van der Waals surface area contributed by atoms with Gasteiger partial charge in [0.05, 0.1) is 11.7 Å². The molecule has 3 heteroatoms. The molecule has 0 aromatic carbocycles. The zero-order valence-corrected chi connectivity index (χ0v) is 10.6. The van der Waals surface area contributed by atoms with Crippen molar-refractivity contribution >= 4 is 0 Å². The van der Waals surface area contributed by atoms with Crippen LogP contribution in [0.25, 0.3) is 0 Å². The van der Waals surface area contributed by atoms with Crippen molar-refractivity contribution in [3.8, 4) is 0 Å². The lowest BCUT2D eigenvalue weighted by atomic mass is 9.66. The summed E-state index contributed by atoms with van der Waals surface area (Å²) in [5.74, 6) is 0. The van der Waals surface area contributed by atoms with Crippen molar-refractivity contribution in [3.05, 3.63) is 18.0 Å². The van der Waals surface area contributed by atoms with Crippen molar-refractivity contribution in [3.63, 3.8) is 0 Å². The first-order chi connectivity index (χ1) is 8.31. The molecule has 94 valence electrons. The number of nitrogens with two attached hydrogens (primary N) is 1. The predicted octanol–water partition coefficient (Wildman–Crippen LogP) is 2.67. The second kappa shape index (κ2) is 4.45. The van der Waals surface area contributed by atoms with E-state index in [2.05, 4.69) is 16.9 Å². The number of hydrogen-bond donors (Lipinski definition) is 1. The van der Waals surface area contributed by atoms with E-state index in [0.29, 0.717) is 11.5 Å². The van der Waals surface area contributed by atoms with E-state index in [-0.39, 0.29) is 0 Å². The Kier molecular flexibility index (Phi) is 2.95. The Morgan fingerprint density at radius 1 is 1.29 bits per heavy atom. The fraction of sp³-hybridized carbons (Fsp3) is 0.786. The maximum absolute atomic E-state index is 5.91. The smallest absolute Gasteiger partial charge is 0.0630 e. The third-order valence-electron chi connectivity index (χ3n) is 4.77.